The van der Waals surface area contributed by atoms with Gasteiger partial charge in [0.1, 0.15) is 0 Å². The normalized spacial score (nSPS) is 30.4. The Balaban J connectivity index is 1.42. The minimum atomic E-state index is 0.0438. The monoisotopic (exact) mass is 384 g/mol. The molecule has 3 unspecified atom stereocenters. The summed E-state index contributed by atoms with van der Waals surface area (Å²) in [5, 5.41) is 3.64. The molecule has 0 aromatic heterocycles. The van der Waals surface area contributed by atoms with Crippen molar-refractivity contribution >= 4 is 29.7 Å². The second-order valence-electron chi connectivity index (χ2n) is 8.06. The van der Waals surface area contributed by atoms with Gasteiger partial charge in [0.25, 0.3) is 5.91 Å². The van der Waals surface area contributed by atoms with Crippen LogP contribution >= 0.6 is 11.8 Å². The van der Waals surface area contributed by atoms with Gasteiger partial charge in [0.15, 0.2) is 0 Å². The number of amides is 2. The summed E-state index contributed by atoms with van der Waals surface area (Å²) in [6, 6.07) is 10.5. The van der Waals surface area contributed by atoms with E-state index in [-0.39, 0.29) is 23.8 Å². The largest absolute Gasteiger partial charge is 0.353 e. The summed E-state index contributed by atoms with van der Waals surface area (Å²) in [6.07, 6.45) is 9.39. The number of hydrogen-bond acceptors (Lipinski definition) is 3. The van der Waals surface area contributed by atoms with E-state index in [1.165, 1.54) is 12.8 Å². The predicted molar refractivity (Wildman–Crippen MR) is 110 cm³/mol. The molecule has 1 aromatic rings. The molecule has 0 radical (unpaired) electrons. The Labute approximate surface area is 165 Å². The first-order valence-corrected chi connectivity index (χ1v) is 11.0. The molecule has 0 spiro atoms. The molecule has 1 heterocycles. The lowest BCUT2D eigenvalue weighted by Gasteiger charge is -2.44. The highest BCUT2D eigenvalue weighted by Crippen LogP contribution is 2.43. The Morgan fingerprint density at radius 3 is 2.63 bits per heavy atom. The third-order valence-corrected chi connectivity index (χ3v) is 7.63. The van der Waals surface area contributed by atoms with Crippen LogP contribution in [-0.2, 0) is 9.59 Å². The maximum absolute atomic E-state index is 12.9. The minimum Gasteiger partial charge on any atom is -0.353 e. The zero-order valence-electron chi connectivity index (χ0n) is 15.9. The lowest BCUT2D eigenvalue weighted by atomic mass is 9.83. The van der Waals surface area contributed by atoms with Gasteiger partial charge < -0.3 is 10.2 Å². The van der Waals surface area contributed by atoms with Gasteiger partial charge in [-0.2, -0.15) is 0 Å². The Bertz CT molecular complexity index is 727. The SMILES string of the molecule is CN1C(=O)/C(=C\c2ccccc2)SC2CCC(C(=O)NC3CCCC3)CC21. The number of nitrogens with zero attached hydrogens (tertiary/aromatic N) is 1. The van der Waals surface area contributed by atoms with Crippen molar-refractivity contribution in [3.63, 3.8) is 0 Å². The number of carbonyl (C=O) groups is 2. The predicted octanol–water partition coefficient (Wildman–Crippen LogP) is 3.83. The van der Waals surface area contributed by atoms with Crippen LogP contribution in [0.15, 0.2) is 35.2 Å². The van der Waals surface area contributed by atoms with E-state index in [0.717, 1.165) is 42.6 Å². The van der Waals surface area contributed by atoms with Crippen LogP contribution in [0.3, 0.4) is 0 Å². The van der Waals surface area contributed by atoms with Crippen molar-refractivity contribution in [1.29, 1.82) is 0 Å². The fraction of sp³-hybridized carbons (Fsp3) is 0.545. The Morgan fingerprint density at radius 2 is 1.89 bits per heavy atom. The summed E-state index contributed by atoms with van der Waals surface area (Å²) in [5.41, 5.74) is 1.06. The smallest absolute Gasteiger partial charge is 0.260 e. The molecule has 27 heavy (non-hydrogen) atoms. The van der Waals surface area contributed by atoms with Gasteiger partial charge in [-0.05, 0) is 43.7 Å². The van der Waals surface area contributed by atoms with Crippen molar-refractivity contribution in [2.24, 2.45) is 5.92 Å². The molecule has 2 amide bonds. The first-order chi connectivity index (χ1) is 13.1. The zero-order chi connectivity index (χ0) is 18.8. The molecule has 2 saturated carbocycles. The second-order valence-corrected chi connectivity index (χ2v) is 9.34. The second kappa shape index (κ2) is 8.09. The summed E-state index contributed by atoms with van der Waals surface area (Å²) < 4.78 is 0. The number of carbonyl (C=O) groups excluding carboxylic acids is 2. The van der Waals surface area contributed by atoms with E-state index in [0.29, 0.717) is 11.3 Å². The van der Waals surface area contributed by atoms with Gasteiger partial charge in [-0.3, -0.25) is 9.59 Å². The number of rotatable bonds is 3. The van der Waals surface area contributed by atoms with E-state index in [1.54, 1.807) is 11.8 Å². The molecule has 2 aliphatic carbocycles. The number of likely N-dealkylation sites (N-methyl/N-ethyl adjacent to an activating group) is 1. The summed E-state index contributed by atoms with van der Waals surface area (Å²) in [7, 11) is 1.90. The van der Waals surface area contributed by atoms with Crippen molar-refractivity contribution in [2.45, 2.75) is 62.3 Å². The highest BCUT2D eigenvalue weighted by molar-refractivity contribution is 8.04. The van der Waals surface area contributed by atoms with E-state index >= 15 is 0 Å². The molecule has 1 aromatic carbocycles. The van der Waals surface area contributed by atoms with Crippen LogP contribution in [-0.4, -0.2) is 41.1 Å². The fourth-order valence-corrected chi connectivity index (χ4v) is 6.11. The first kappa shape index (κ1) is 18.6. The standard InChI is InChI=1S/C22H28N2O2S/c1-24-18-14-16(21(25)23-17-9-5-6-10-17)11-12-19(18)27-20(22(24)26)13-15-7-3-2-4-8-15/h2-4,7-8,13,16-19H,5-6,9-12,14H2,1H3,(H,23,25)/b20-13+. The number of nitrogens with one attached hydrogen (secondary N) is 1. The van der Waals surface area contributed by atoms with E-state index in [1.807, 2.05) is 48.4 Å². The van der Waals surface area contributed by atoms with Gasteiger partial charge >= 0.3 is 0 Å². The van der Waals surface area contributed by atoms with Gasteiger partial charge in [0, 0.05) is 30.3 Å². The number of thioether (sulfide) groups is 1. The third-order valence-electron chi connectivity index (χ3n) is 6.23. The van der Waals surface area contributed by atoms with E-state index in [4.69, 9.17) is 0 Å². The van der Waals surface area contributed by atoms with Crippen LogP contribution in [0.25, 0.3) is 6.08 Å². The van der Waals surface area contributed by atoms with Crippen LogP contribution < -0.4 is 5.32 Å². The van der Waals surface area contributed by atoms with Crippen LogP contribution in [0.5, 0.6) is 0 Å². The van der Waals surface area contributed by atoms with E-state index in [9.17, 15) is 9.59 Å². The maximum atomic E-state index is 12.9. The molecule has 5 heteroatoms. The summed E-state index contributed by atoms with van der Waals surface area (Å²) in [5.74, 6) is 0.334. The molecule has 1 saturated heterocycles. The van der Waals surface area contributed by atoms with E-state index < -0.39 is 0 Å². The zero-order valence-corrected chi connectivity index (χ0v) is 16.7. The highest BCUT2D eigenvalue weighted by atomic mass is 32.2. The molecule has 3 atom stereocenters. The summed E-state index contributed by atoms with van der Waals surface area (Å²) in [6.45, 7) is 0. The molecule has 3 aliphatic rings. The number of benzene rings is 1. The topological polar surface area (TPSA) is 49.4 Å². The summed E-state index contributed by atoms with van der Waals surface area (Å²) >= 11 is 1.71. The molecule has 1 N–H and O–H groups in total. The van der Waals surface area contributed by atoms with Crippen molar-refractivity contribution < 1.29 is 9.59 Å². The highest BCUT2D eigenvalue weighted by Gasteiger charge is 2.43. The number of fused-ring (bicyclic) bond motifs is 1. The van der Waals surface area contributed by atoms with Crippen LogP contribution in [0.2, 0.25) is 0 Å². The molecule has 144 valence electrons. The fourth-order valence-electron chi connectivity index (χ4n) is 4.63. The van der Waals surface area contributed by atoms with Gasteiger partial charge in [-0.1, -0.05) is 43.2 Å². The molecule has 4 nitrogen and oxygen atoms in total. The van der Waals surface area contributed by atoms with Crippen molar-refractivity contribution in [3.8, 4) is 0 Å². The molecule has 0 bridgehead atoms. The average Bonchev–Trinajstić information content (AvgIpc) is 3.19. The quantitative estimate of drug-likeness (QED) is 0.806. The van der Waals surface area contributed by atoms with Crippen molar-refractivity contribution in [2.75, 3.05) is 7.05 Å². The average molecular weight is 385 g/mol. The summed E-state index contributed by atoms with van der Waals surface area (Å²) in [4.78, 5) is 28.3. The maximum Gasteiger partial charge on any atom is 0.260 e. The van der Waals surface area contributed by atoms with Gasteiger partial charge in [-0.25, -0.2) is 0 Å². The minimum absolute atomic E-state index is 0.0438. The van der Waals surface area contributed by atoms with Crippen LogP contribution in [0, 0.1) is 5.92 Å². The molecule has 3 fully saturated rings. The molecule has 1 aliphatic heterocycles. The van der Waals surface area contributed by atoms with Gasteiger partial charge in [0.05, 0.1) is 4.91 Å². The lowest BCUT2D eigenvalue weighted by molar-refractivity contribution is -0.132. The molecular formula is C22H28N2O2S. The Kier molecular flexibility index (Phi) is 5.58. The van der Waals surface area contributed by atoms with E-state index in [2.05, 4.69) is 5.32 Å². The van der Waals surface area contributed by atoms with Crippen LogP contribution in [0.1, 0.15) is 50.5 Å². The number of hydrogen-bond donors (Lipinski definition) is 1. The van der Waals surface area contributed by atoms with Crippen molar-refractivity contribution in [1.82, 2.24) is 10.2 Å². The Hall–Kier alpha value is -1.75. The molecular weight excluding hydrogens is 356 g/mol. The molecule has 4 rings (SSSR count). The van der Waals surface area contributed by atoms with Crippen molar-refractivity contribution in [3.05, 3.63) is 40.8 Å². The van der Waals surface area contributed by atoms with Crippen LogP contribution in [0.4, 0.5) is 0 Å². The van der Waals surface area contributed by atoms with Gasteiger partial charge in [0.2, 0.25) is 5.91 Å². The lowest BCUT2D eigenvalue weighted by Crippen LogP contribution is -2.52. The first-order valence-electron chi connectivity index (χ1n) is 10.1. The third kappa shape index (κ3) is 4.08. The van der Waals surface area contributed by atoms with Gasteiger partial charge in [-0.15, -0.1) is 11.8 Å². The Morgan fingerprint density at radius 1 is 1.15 bits per heavy atom.